The molecule has 1 unspecified atom stereocenters. The minimum Gasteiger partial charge on any atom is -0.382 e. The lowest BCUT2D eigenvalue weighted by molar-refractivity contribution is -0.248. The Labute approximate surface area is 133 Å². The highest BCUT2D eigenvalue weighted by molar-refractivity contribution is 6.20. The number of ether oxygens (including phenoxy) is 3. The first-order chi connectivity index (χ1) is 11.2. The van der Waals surface area contributed by atoms with E-state index < -0.39 is 24.2 Å². The van der Waals surface area contributed by atoms with Gasteiger partial charge in [0.05, 0.1) is 17.7 Å². The predicted molar refractivity (Wildman–Crippen MR) is 78.5 cm³/mol. The molecule has 1 aromatic rings. The number of imide groups is 1. The van der Waals surface area contributed by atoms with Gasteiger partial charge in [-0.05, 0) is 18.2 Å². The average Bonchev–Trinajstić information content (AvgIpc) is 2.81. The van der Waals surface area contributed by atoms with Gasteiger partial charge in [0.15, 0.2) is 0 Å². The first-order valence-corrected chi connectivity index (χ1v) is 7.15. The summed E-state index contributed by atoms with van der Waals surface area (Å²) < 4.78 is 16.0. The van der Waals surface area contributed by atoms with Gasteiger partial charge < -0.3 is 14.2 Å². The Hall–Kier alpha value is -2.06. The molecule has 0 aliphatic carbocycles. The fraction of sp³-hybridized carbons (Fsp3) is 0.375. The maximum atomic E-state index is 12.3. The number of hydrogen-bond acceptors (Lipinski definition) is 6. The molecular weight excluding hydrogens is 302 g/mol. The number of nitrogens with zero attached hydrogens (tertiary/aromatic N) is 1. The molecule has 0 saturated carbocycles. The molecule has 1 aromatic carbocycles. The number of hydrogen-bond donors (Lipinski definition) is 0. The average molecular weight is 319 g/mol. The number of benzene rings is 1. The van der Waals surface area contributed by atoms with Crippen LogP contribution >= 0.6 is 0 Å². The van der Waals surface area contributed by atoms with Gasteiger partial charge in [-0.15, -0.1) is 5.06 Å². The van der Waals surface area contributed by atoms with Crippen molar-refractivity contribution < 1.29 is 28.6 Å². The minimum atomic E-state index is -0.872. The van der Waals surface area contributed by atoms with Crippen molar-refractivity contribution in [2.75, 3.05) is 20.8 Å². The van der Waals surface area contributed by atoms with E-state index >= 15 is 0 Å². The first kappa shape index (κ1) is 15.8. The summed E-state index contributed by atoms with van der Waals surface area (Å²) in [5.41, 5.74) is 0.640. The Balaban J connectivity index is 1.73. The molecule has 0 fully saturated rings. The van der Waals surface area contributed by atoms with Crippen LogP contribution in [-0.2, 0) is 19.0 Å². The van der Waals surface area contributed by atoms with Crippen LogP contribution in [0.15, 0.2) is 36.4 Å². The number of carbonyl (C=O) groups excluding carboxylic acids is 2. The maximum absolute atomic E-state index is 12.3. The smallest absolute Gasteiger partial charge is 0.286 e. The molecule has 0 aromatic heterocycles. The SMILES string of the molecule is COC[C@H]1OC(ON2C(=O)c3ccccc3C2=O)C=C[C@@H]1OC. The summed E-state index contributed by atoms with van der Waals surface area (Å²) in [6, 6.07) is 6.57. The molecule has 0 spiro atoms. The second-order valence-electron chi connectivity index (χ2n) is 5.14. The van der Waals surface area contributed by atoms with Crippen molar-refractivity contribution in [2.24, 2.45) is 0 Å². The van der Waals surface area contributed by atoms with E-state index in [1.54, 1.807) is 50.6 Å². The number of fused-ring (bicyclic) bond motifs is 1. The van der Waals surface area contributed by atoms with Crippen LogP contribution in [0.1, 0.15) is 20.7 Å². The Kier molecular flexibility index (Phi) is 4.53. The molecule has 3 atom stereocenters. The first-order valence-electron chi connectivity index (χ1n) is 7.15. The molecule has 2 heterocycles. The van der Waals surface area contributed by atoms with Crippen LogP contribution in [0.4, 0.5) is 0 Å². The predicted octanol–water partition coefficient (Wildman–Crippen LogP) is 1.16. The molecule has 0 N–H and O–H groups in total. The lowest BCUT2D eigenvalue weighted by Crippen LogP contribution is -2.43. The molecule has 122 valence electrons. The summed E-state index contributed by atoms with van der Waals surface area (Å²) in [6.07, 6.45) is 1.82. The van der Waals surface area contributed by atoms with Gasteiger partial charge in [0.1, 0.15) is 12.2 Å². The molecule has 3 rings (SSSR count). The van der Waals surface area contributed by atoms with Gasteiger partial charge in [0.2, 0.25) is 6.29 Å². The van der Waals surface area contributed by atoms with E-state index in [0.717, 1.165) is 5.06 Å². The van der Waals surface area contributed by atoms with Crippen molar-refractivity contribution in [3.8, 4) is 0 Å². The maximum Gasteiger partial charge on any atom is 0.286 e. The van der Waals surface area contributed by atoms with Crippen molar-refractivity contribution in [3.63, 3.8) is 0 Å². The quantitative estimate of drug-likeness (QED) is 0.599. The zero-order valence-corrected chi connectivity index (χ0v) is 12.8. The Bertz CT molecular complexity index is 608. The zero-order chi connectivity index (χ0) is 16.4. The topological polar surface area (TPSA) is 74.3 Å². The minimum absolute atomic E-state index is 0.281. The molecule has 0 bridgehead atoms. The summed E-state index contributed by atoms with van der Waals surface area (Å²) in [4.78, 5) is 30.0. The Morgan fingerprint density at radius 3 is 2.30 bits per heavy atom. The van der Waals surface area contributed by atoms with Gasteiger partial charge >= 0.3 is 0 Å². The lowest BCUT2D eigenvalue weighted by Gasteiger charge is -2.31. The van der Waals surface area contributed by atoms with E-state index in [0.29, 0.717) is 17.7 Å². The van der Waals surface area contributed by atoms with Crippen LogP contribution in [0.3, 0.4) is 0 Å². The van der Waals surface area contributed by atoms with Gasteiger partial charge in [-0.1, -0.05) is 18.2 Å². The fourth-order valence-electron chi connectivity index (χ4n) is 2.57. The molecule has 2 aliphatic heterocycles. The monoisotopic (exact) mass is 319 g/mol. The van der Waals surface area contributed by atoms with Crippen molar-refractivity contribution >= 4 is 11.8 Å². The van der Waals surface area contributed by atoms with Gasteiger partial charge in [0, 0.05) is 14.2 Å². The van der Waals surface area contributed by atoms with E-state index in [1.807, 2.05) is 0 Å². The Morgan fingerprint density at radius 1 is 1.09 bits per heavy atom. The van der Waals surface area contributed by atoms with E-state index in [1.165, 1.54) is 0 Å². The molecule has 2 aliphatic rings. The molecule has 7 nitrogen and oxygen atoms in total. The van der Waals surface area contributed by atoms with Crippen LogP contribution in [0.2, 0.25) is 0 Å². The van der Waals surface area contributed by atoms with Crippen LogP contribution in [0, 0.1) is 0 Å². The molecule has 2 amide bonds. The summed E-state index contributed by atoms with van der Waals surface area (Å²) >= 11 is 0. The van der Waals surface area contributed by atoms with Gasteiger partial charge in [-0.3, -0.25) is 9.59 Å². The molecule has 0 radical (unpaired) electrons. The normalized spacial score (nSPS) is 26.7. The second-order valence-corrected chi connectivity index (χ2v) is 5.14. The summed E-state index contributed by atoms with van der Waals surface area (Å²) in [5, 5.41) is 0.733. The van der Waals surface area contributed by atoms with Gasteiger partial charge in [0.25, 0.3) is 11.8 Å². The van der Waals surface area contributed by atoms with Crippen LogP contribution in [0.25, 0.3) is 0 Å². The third kappa shape index (κ3) is 2.91. The third-order valence-corrected chi connectivity index (χ3v) is 3.70. The lowest BCUT2D eigenvalue weighted by atomic mass is 10.1. The third-order valence-electron chi connectivity index (χ3n) is 3.70. The van der Waals surface area contributed by atoms with E-state index in [4.69, 9.17) is 19.0 Å². The van der Waals surface area contributed by atoms with Crippen LogP contribution < -0.4 is 0 Å². The number of carbonyl (C=O) groups is 2. The van der Waals surface area contributed by atoms with E-state index in [-0.39, 0.29) is 6.10 Å². The number of amides is 2. The van der Waals surface area contributed by atoms with Crippen LogP contribution in [-0.4, -0.2) is 56.2 Å². The fourth-order valence-corrected chi connectivity index (χ4v) is 2.57. The number of rotatable bonds is 5. The standard InChI is InChI=1S/C16H17NO6/c1-20-9-13-12(21-2)7-8-14(22-13)23-17-15(18)10-5-3-4-6-11(10)16(17)19/h3-8,12-14H,9H2,1-2H3/t12-,13+,14?/m0/s1. The van der Waals surface area contributed by atoms with E-state index in [2.05, 4.69) is 0 Å². The second kappa shape index (κ2) is 6.59. The largest absolute Gasteiger partial charge is 0.382 e. The van der Waals surface area contributed by atoms with Crippen molar-refractivity contribution in [2.45, 2.75) is 18.5 Å². The number of hydroxylamine groups is 2. The zero-order valence-electron chi connectivity index (χ0n) is 12.8. The summed E-state index contributed by atoms with van der Waals surface area (Å²) in [6.45, 7) is 0.296. The van der Waals surface area contributed by atoms with Crippen molar-refractivity contribution in [3.05, 3.63) is 47.5 Å². The van der Waals surface area contributed by atoms with Crippen LogP contribution in [0.5, 0.6) is 0 Å². The number of methoxy groups -OCH3 is 2. The van der Waals surface area contributed by atoms with Gasteiger partial charge in [-0.2, -0.15) is 0 Å². The summed E-state index contributed by atoms with van der Waals surface area (Å²) in [7, 11) is 3.11. The summed E-state index contributed by atoms with van der Waals surface area (Å²) in [5.74, 6) is -1.00. The Morgan fingerprint density at radius 2 is 1.74 bits per heavy atom. The molecule has 7 heteroatoms. The van der Waals surface area contributed by atoms with Crippen molar-refractivity contribution in [1.82, 2.24) is 5.06 Å². The highest BCUT2D eigenvalue weighted by Gasteiger charge is 2.39. The highest BCUT2D eigenvalue weighted by atomic mass is 16.8. The molecular formula is C16H17NO6. The highest BCUT2D eigenvalue weighted by Crippen LogP contribution is 2.25. The molecule has 23 heavy (non-hydrogen) atoms. The molecule has 0 saturated heterocycles. The van der Waals surface area contributed by atoms with Crippen molar-refractivity contribution in [1.29, 1.82) is 0 Å². The van der Waals surface area contributed by atoms with E-state index in [9.17, 15) is 9.59 Å². The van der Waals surface area contributed by atoms with Gasteiger partial charge in [-0.25, -0.2) is 4.84 Å².